The fraction of sp³-hybridized carbons (Fsp3) is 0.250. The highest BCUT2D eigenvalue weighted by Crippen LogP contribution is 2.21. The summed E-state index contributed by atoms with van der Waals surface area (Å²) in [4.78, 5) is 0.266. The Morgan fingerprint density at radius 1 is 1.10 bits per heavy atom. The Morgan fingerprint density at radius 3 is 2.33 bits per heavy atom. The molecule has 0 heterocycles. The van der Waals surface area contributed by atoms with Gasteiger partial charge in [0.2, 0.25) is 0 Å². The first-order valence-electron chi connectivity index (χ1n) is 6.70. The largest absolute Gasteiger partial charge is 0.280 e. The number of alkyl halides is 1. The quantitative estimate of drug-likeness (QED) is 0.790. The Labute approximate surface area is 134 Å². The van der Waals surface area contributed by atoms with Crippen molar-refractivity contribution in [3.8, 4) is 0 Å². The van der Waals surface area contributed by atoms with Gasteiger partial charge < -0.3 is 0 Å². The third-order valence-corrected chi connectivity index (χ3v) is 5.24. The van der Waals surface area contributed by atoms with Crippen LogP contribution in [0.1, 0.15) is 30.9 Å². The molecule has 0 atom stereocenters. The average molecular weight is 368 g/mol. The summed E-state index contributed by atoms with van der Waals surface area (Å²) in [5.41, 5.74) is 2.73. The maximum absolute atomic E-state index is 12.4. The Hall–Kier alpha value is -1.33. The van der Waals surface area contributed by atoms with Crippen LogP contribution in [0.3, 0.4) is 0 Å². The van der Waals surface area contributed by atoms with Crippen LogP contribution in [0.15, 0.2) is 53.4 Å². The molecule has 5 heteroatoms. The number of hydrogen-bond donors (Lipinski definition) is 1. The van der Waals surface area contributed by atoms with Crippen LogP contribution in [0, 0.1) is 0 Å². The van der Waals surface area contributed by atoms with E-state index in [1.54, 1.807) is 30.3 Å². The third kappa shape index (κ3) is 4.08. The van der Waals surface area contributed by atoms with Crippen LogP contribution in [-0.4, -0.2) is 8.42 Å². The van der Waals surface area contributed by atoms with Crippen molar-refractivity contribution in [1.82, 2.24) is 0 Å². The second-order valence-electron chi connectivity index (χ2n) is 5.16. The average Bonchev–Trinajstić information content (AvgIpc) is 2.47. The van der Waals surface area contributed by atoms with Gasteiger partial charge in [-0.2, -0.15) is 0 Å². The topological polar surface area (TPSA) is 46.2 Å². The van der Waals surface area contributed by atoms with Gasteiger partial charge in [-0.25, -0.2) is 8.42 Å². The van der Waals surface area contributed by atoms with Crippen molar-refractivity contribution < 1.29 is 8.42 Å². The van der Waals surface area contributed by atoms with Gasteiger partial charge in [0, 0.05) is 11.0 Å². The molecule has 0 aliphatic rings. The predicted octanol–water partition coefficient (Wildman–Crippen LogP) is 4.51. The molecule has 0 radical (unpaired) electrons. The summed E-state index contributed by atoms with van der Waals surface area (Å²) in [6.45, 7) is 4.15. The van der Waals surface area contributed by atoms with E-state index in [4.69, 9.17) is 0 Å². The number of rotatable bonds is 5. The standard InChI is InChI=1S/C16H18BrNO2S/c1-12(2)14-4-3-5-15(10-14)18-21(19,20)16-8-6-13(11-17)7-9-16/h3-10,12,18H,11H2,1-2H3. The molecule has 3 nitrogen and oxygen atoms in total. The van der Waals surface area contributed by atoms with Gasteiger partial charge in [-0.05, 0) is 41.3 Å². The van der Waals surface area contributed by atoms with Gasteiger partial charge >= 0.3 is 0 Å². The van der Waals surface area contributed by atoms with Crippen molar-refractivity contribution in [2.75, 3.05) is 4.72 Å². The highest BCUT2D eigenvalue weighted by Gasteiger charge is 2.14. The van der Waals surface area contributed by atoms with Crippen molar-refractivity contribution >= 4 is 31.6 Å². The Morgan fingerprint density at radius 2 is 1.76 bits per heavy atom. The number of halogens is 1. The van der Waals surface area contributed by atoms with Gasteiger partial charge in [-0.3, -0.25) is 4.72 Å². The minimum Gasteiger partial charge on any atom is -0.280 e. The summed E-state index contributed by atoms with van der Waals surface area (Å²) < 4.78 is 27.3. The van der Waals surface area contributed by atoms with E-state index in [0.717, 1.165) is 11.1 Å². The van der Waals surface area contributed by atoms with Gasteiger partial charge in [0.1, 0.15) is 0 Å². The van der Waals surface area contributed by atoms with Crippen molar-refractivity contribution in [2.45, 2.75) is 30.0 Å². The minimum absolute atomic E-state index is 0.266. The monoisotopic (exact) mass is 367 g/mol. The first-order valence-corrected chi connectivity index (χ1v) is 9.30. The van der Waals surface area contributed by atoms with Gasteiger partial charge in [0.05, 0.1) is 4.90 Å². The molecule has 0 amide bonds. The lowest BCUT2D eigenvalue weighted by Gasteiger charge is -2.11. The lowest BCUT2D eigenvalue weighted by molar-refractivity contribution is 0.601. The van der Waals surface area contributed by atoms with Crippen molar-refractivity contribution in [1.29, 1.82) is 0 Å². The van der Waals surface area contributed by atoms with E-state index in [9.17, 15) is 8.42 Å². The molecule has 0 spiro atoms. The molecule has 0 fully saturated rings. The fourth-order valence-electron chi connectivity index (χ4n) is 1.93. The molecule has 0 unspecified atom stereocenters. The zero-order valence-corrected chi connectivity index (χ0v) is 14.4. The van der Waals surface area contributed by atoms with Crippen LogP contribution >= 0.6 is 15.9 Å². The highest BCUT2D eigenvalue weighted by molar-refractivity contribution is 9.08. The van der Waals surface area contributed by atoms with E-state index in [2.05, 4.69) is 34.5 Å². The molecule has 0 saturated heterocycles. The zero-order chi connectivity index (χ0) is 15.5. The van der Waals surface area contributed by atoms with Gasteiger partial charge in [-0.1, -0.05) is 54.0 Å². The number of benzene rings is 2. The fourth-order valence-corrected chi connectivity index (χ4v) is 3.36. The molecule has 0 aliphatic heterocycles. The number of anilines is 1. The first kappa shape index (κ1) is 16.0. The van der Waals surface area contributed by atoms with Crippen LogP contribution in [0.2, 0.25) is 0 Å². The SMILES string of the molecule is CC(C)c1cccc(NS(=O)(=O)c2ccc(CBr)cc2)c1. The van der Waals surface area contributed by atoms with Crippen LogP contribution in [0.5, 0.6) is 0 Å². The third-order valence-electron chi connectivity index (χ3n) is 3.19. The van der Waals surface area contributed by atoms with E-state index < -0.39 is 10.0 Å². The molecule has 21 heavy (non-hydrogen) atoms. The van der Waals surface area contributed by atoms with Crippen molar-refractivity contribution in [2.24, 2.45) is 0 Å². The lowest BCUT2D eigenvalue weighted by atomic mass is 10.0. The van der Waals surface area contributed by atoms with Crippen LogP contribution < -0.4 is 4.72 Å². The number of nitrogens with one attached hydrogen (secondary N) is 1. The molecule has 2 aromatic rings. The molecular formula is C16H18BrNO2S. The summed E-state index contributed by atoms with van der Waals surface area (Å²) in [5, 5.41) is 0.706. The second-order valence-corrected chi connectivity index (χ2v) is 7.41. The summed E-state index contributed by atoms with van der Waals surface area (Å²) in [6.07, 6.45) is 0. The van der Waals surface area contributed by atoms with Gasteiger partial charge in [0.25, 0.3) is 10.0 Å². The minimum atomic E-state index is -3.55. The highest BCUT2D eigenvalue weighted by atomic mass is 79.9. The lowest BCUT2D eigenvalue weighted by Crippen LogP contribution is -2.13. The van der Waals surface area contributed by atoms with Gasteiger partial charge in [-0.15, -0.1) is 0 Å². The second kappa shape index (κ2) is 6.62. The number of sulfonamides is 1. The van der Waals surface area contributed by atoms with E-state index in [1.165, 1.54) is 0 Å². The summed E-state index contributed by atoms with van der Waals surface area (Å²) in [5.74, 6) is 0.354. The molecule has 0 saturated carbocycles. The molecule has 112 valence electrons. The van der Waals surface area contributed by atoms with Crippen LogP contribution in [0.4, 0.5) is 5.69 Å². The molecule has 2 aromatic carbocycles. The molecule has 2 rings (SSSR count). The molecule has 1 N–H and O–H groups in total. The van der Waals surface area contributed by atoms with Crippen molar-refractivity contribution in [3.63, 3.8) is 0 Å². The smallest absolute Gasteiger partial charge is 0.261 e. The van der Waals surface area contributed by atoms with Crippen LogP contribution in [0.25, 0.3) is 0 Å². The molecule has 0 aliphatic carbocycles. The molecule has 0 aromatic heterocycles. The van der Waals surface area contributed by atoms with Crippen molar-refractivity contribution in [3.05, 3.63) is 59.7 Å². The Balaban J connectivity index is 2.26. The normalized spacial score (nSPS) is 11.6. The summed E-state index contributed by atoms with van der Waals surface area (Å²) >= 11 is 3.34. The maximum atomic E-state index is 12.4. The number of hydrogen-bond acceptors (Lipinski definition) is 2. The first-order chi connectivity index (χ1) is 9.92. The van der Waals surface area contributed by atoms with E-state index >= 15 is 0 Å². The summed E-state index contributed by atoms with van der Waals surface area (Å²) in [7, 11) is -3.55. The Bertz CT molecular complexity index is 709. The predicted molar refractivity (Wildman–Crippen MR) is 90.4 cm³/mol. The molecular weight excluding hydrogens is 350 g/mol. The Kier molecular flexibility index (Phi) is 5.06. The van der Waals surface area contributed by atoms with E-state index in [0.29, 0.717) is 16.9 Å². The van der Waals surface area contributed by atoms with E-state index in [1.807, 2.05) is 18.2 Å². The van der Waals surface area contributed by atoms with E-state index in [-0.39, 0.29) is 4.90 Å². The molecule has 0 bridgehead atoms. The summed E-state index contributed by atoms with van der Waals surface area (Å²) in [6, 6.07) is 14.3. The van der Waals surface area contributed by atoms with Gasteiger partial charge in [0.15, 0.2) is 0 Å². The zero-order valence-electron chi connectivity index (χ0n) is 12.0. The van der Waals surface area contributed by atoms with Crippen LogP contribution in [-0.2, 0) is 15.4 Å². The maximum Gasteiger partial charge on any atom is 0.261 e.